The molecule has 5 nitrogen and oxygen atoms in total. The summed E-state index contributed by atoms with van der Waals surface area (Å²) in [5.41, 5.74) is 0.954. The van der Waals surface area contributed by atoms with Crippen molar-refractivity contribution in [3.63, 3.8) is 0 Å². The van der Waals surface area contributed by atoms with Crippen molar-refractivity contribution >= 4 is 6.09 Å². The quantitative estimate of drug-likeness (QED) is 0.807. The van der Waals surface area contributed by atoms with Gasteiger partial charge in [-0.25, -0.2) is 4.79 Å². The monoisotopic (exact) mass is 238 g/mol. The van der Waals surface area contributed by atoms with Crippen LogP contribution in [0.2, 0.25) is 0 Å². The van der Waals surface area contributed by atoms with Crippen LogP contribution < -0.4 is 0 Å². The Hall–Kier alpha value is -1.57. The first-order chi connectivity index (χ1) is 7.35. The van der Waals surface area contributed by atoms with Gasteiger partial charge in [0, 0.05) is 5.69 Å². The van der Waals surface area contributed by atoms with Crippen LogP contribution in [0.15, 0.2) is 6.07 Å². The Balaban J connectivity index is 2.63. The van der Waals surface area contributed by atoms with Gasteiger partial charge >= 0.3 is 12.2 Å². The molecule has 0 aliphatic carbocycles. The predicted molar refractivity (Wildman–Crippen MR) is 45.6 cm³/mol. The number of rotatable bonds is 3. The normalized spacial score (nSPS) is 11.6. The minimum Gasteiger partial charge on any atom is -0.438 e. The zero-order valence-electron chi connectivity index (χ0n) is 8.54. The van der Waals surface area contributed by atoms with Crippen molar-refractivity contribution in [2.45, 2.75) is 20.0 Å². The van der Waals surface area contributed by atoms with Gasteiger partial charge in [-0.3, -0.25) is 0 Å². The molecule has 0 fully saturated rings. The van der Waals surface area contributed by atoms with E-state index in [1.807, 2.05) is 0 Å². The molecule has 1 aromatic rings. The van der Waals surface area contributed by atoms with E-state index in [1.54, 1.807) is 19.9 Å². The van der Waals surface area contributed by atoms with Crippen molar-refractivity contribution in [1.82, 2.24) is 9.78 Å². The highest BCUT2D eigenvalue weighted by atomic mass is 19.4. The molecule has 0 bridgehead atoms. The Morgan fingerprint density at radius 1 is 1.56 bits per heavy atom. The van der Waals surface area contributed by atoms with Gasteiger partial charge in [-0.2, -0.15) is 18.6 Å². The van der Waals surface area contributed by atoms with E-state index in [1.165, 1.54) is 0 Å². The van der Waals surface area contributed by atoms with Crippen LogP contribution in [0.4, 0.5) is 18.1 Å². The number of hydrogen-bond acceptors (Lipinski definition) is 4. The number of carbonyl (C=O) groups excluding carboxylic acids is 1. The van der Waals surface area contributed by atoms with Crippen LogP contribution in [0.25, 0.3) is 0 Å². The van der Waals surface area contributed by atoms with Crippen molar-refractivity contribution in [3.8, 4) is 0 Å². The smallest absolute Gasteiger partial charge is 0.435 e. The summed E-state index contributed by atoms with van der Waals surface area (Å²) in [7, 11) is 0. The Morgan fingerprint density at radius 2 is 2.19 bits per heavy atom. The molecule has 0 spiro atoms. The standard InChI is InChI=1S/C8H9F3N2O3/c1-5-3-6(2)13(12-5)7(14)15-4-8(9,10)16-11/h3H,4H2,1-2H3. The van der Waals surface area contributed by atoms with E-state index in [4.69, 9.17) is 0 Å². The van der Waals surface area contributed by atoms with Crippen molar-refractivity contribution in [1.29, 1.82) is 0 Å². The summed E-state index contributed by atoms with van der Waals surface area (Å²) in [6, 6.07) is 1.56. The molecule has 90 valence electrons. The van der Waals surface area contributed by atoms with Gasteiger partial charge in [-0.15, -0.1) is 4.94 Å². The SMILES string of the molecule is Cc1cc(C)n(C(=O)OCC(F)(F)OF)n1. The zero-order chi connectivity index (χ0) is 12.3. The van der Waals surface area contributed by atoms with Crippen LogP contribution in [0, 0.1) is 13.8 Å². The number of aromatic nitrogens is 2. The molecule has 0 unspecified atom stereocenters. The first-order valence-corrected chi connectivity index (χ1v) is 4.24. The molecule has 0 saturated carbocycles. The second-order valence-corrected chi connectivity index (χ2v) is 3.11. The summed E-state index contributed by atoms with van der Waals surface area (Å²) in [5, 5.41) is 3.70. The molecule has 0 amide bonds. The summed E-state index contributed by atoms with van der Waals surface area (Å²) in [6.07, 6.45) is -5.27. The second-order valence-electron chi connectivity index (χ2n) is 3.11. The number of halogens is 3. The van der Waals surface area contributed by atoms with E-state index in [0.29, 0.717) is 11.4 Å². The van der Waals surface area contributed by atoms with Gasteiger partial charge in [0.1, 0.15) is 0 Å². The molecule has 0 radical (unpaired) electrons. The van der Waals surface area contributed by atoms with Gasteiger partial charge in [-0.05, 0) is 24.4 Å². The molecule has 1 heterocycles. The van der Waals surface area contributed by atoms with Crippen molar-refractivity contribution in [3.05, 3.63) is 17.5 Å². The molecule has 16 heavy (non-hydrogen) atoms. The molecule has 0 atom stereocenters. The topological polar surface area (TPSA) is 53.4 Å². The van der Waals surface area contributed by atoms with E-state index in [2.05, 4.69) is 14.8 Å². The van der Waals surface area contributed by atoms with E-state index in [9.17, 15) is 18.1 Å². The van der Waals surface area contributed by atoms with Crippen LogP contribution in [0.5, 0.6) is 0 Å². The molecule has 0 N–H and O–H groups in total. The average Bonchev–Trinajstić information content (AvgIpc) is 2.54. The maximum absolute atomic E-state index is 12.2. The largest absolute Gasteiger partial charge is 0.438 e. The molecule has 0 aromatic carbocycles. The van der Waals surface area contributed by atoms with E-state index in [-0.39, 0.29) is 0 Å². The number of nitrogens with zero attached hydrogens (tertiary/aromatic N) is 2. The highest BCUT2D eigenvalue weighted by Gasteiger charge is 2.34. The lowest BCUT2D eigenvalue weighted by Gasteiger charge is -2.10. The molecular weight excluding hydrogens is 229 g/mol. The third-order valence-electron chi connectivity index (χ3n) is 1.66. The summed E-state index contributed by atoms with van der Waals surface area (Å²) in [4.78, 5) is 13.5. The lowest BCUT2D eigenvalue weighted by molar-refractivity contribution is -0.363. The molecule has 0 aliphatic heterocycles. The number of aryl methyl sites for hydroxylation is 2. The van der Waals surface area contributed by atoms with Crippen LogP contribution >= 0.6 is 0 Å². The minimum atomic E-state index is -4.15. The van der Waals surface area contributed by atoms with Crippen LogP contribution in [-0.2, 0) is 9.68 Å². The van der Waals surface area contributed by atoms with E-state index in [0.717, 1.165) is 4.68 Å². The van der Waals surface area contributed by atoms with Crippen LogP contribution in [0.3, 0.4) is 0 Å². The minimum absolute atomic E-state index is 0.423. The Labute approximate surface area is 88.6 Å². The Bertz CT molecular complexity index is 392. The fourth-order valence-corrected chi connectivity index (χ4v) is 1.04. The first kappa shape index (κ1) is 12.5. The van der Waals surface area contributed by atoms with Gasteiger partial charge in [0.15, 0.2) is 6.61 Å². The van der Waals surface area contributed by atoms with Gasteiger partial charge in [0.05, 0.1) is 5.69 Å². The fraction of sp³-hybridized carbons (Fsp3) is 0.500. The first-order valence-electron chi connectivity index (χ1n) is 4.24. The summed E-state index contributed by atoms with van der Waals surface area (Å²) in [6.45, 7) is 1.65. The summed E-state index contributed by atoms with van der Waals surface area (Å²) < 4.78 is 40.6. The van der Waals surface area contributed by atoms with Crippen molar-refractivity contribution in [2.24, 2.45) is 0 Å². The highest BCUT2D eigenvalue weighted by Crippen LogP contribution is 2.16. The van der Waals surface area contributed by atoms with Crippen LogP contribution in [-0.4, -0.2) is 28.6 Å². The molecule has 0 aliphatic rings. The Kier molecular flexibility index (Phi) is 3.53. The van der Waals surface area contributed by atoms with Crippen molar-refractivity contribution < 1.29 is 27.8 Å². The van der Waals surface area contributed by atoms with E-state index >= 15 is 0 Å². The van der Waals surface area contributed by atoms with Gasteiger partial charge in [0.25, 0.3) is 0 Å². The van der Waals surface area contributed by atoms with Gasteiger partial charge in [-0.1, -0.05) is 0 Å². The molecule has 8 heteroatoms. The lowest BCUT2D eigenvalue weighted by atomic mass is 10.4. The maximum atomic E-state index is 12.2. The zero-order valence-corrected chi connectivity index (χ0v) is 8.54. The molecule has 1 aromatic heterocycles. The summed E-state index contributed by atoms with van der Waals surface area (Å²) in [5.74, 6) is 0. The fourth-order valence-electron chi connectivity index (χ4n) is 1.04. The second kappa shape index (κ2) is 4.52. The maximum Gasteiger partial charge on any atom is 0.435 e. The number of ether oxygens (including phenoxy) is 1. The molecular formula is C8H9F3N2O3. The van der Waals surface area contributed by atoms with Crippen LogP contribution in [0.1, 0.15) is 11.4 Å². The number of hydrogen-bond donors (Lipinski definition) is 0. The molecule has 0 saturated heterocycles. The lowest BCUT2D eigenvalue weighted by Crippen LogP contribution is -2.28. The van der Waals surface area contributed by atoms with Crippen molar-refractivity contribution in [2.75, 3.05) is 6.61 Å². The van der Waals surface area contributed by atoms with Gasteiger partial charge in [0.2, 0.25) is 0 Å². The third kappa shape index (κ3) is 2.96. The highest BCUT2D eigenvalue weighted by molar-refractivity contribution is 5.70. The number of carbonyl (C=O) groups is 1. The molecule has 1 rings (SSSR count). The number of alkyl halides is 2. The summed E-state index contributed by atoms with van der Waals surface area (Å²) >= 11 is 0. The third-order valence-corrected chi connectivity index (χ3v) is 1.66. The predicted octanol–water partition coefficient (Wildman–Crippen LogP) is 1.98. The average molecular weight is 238 g/mol. The van der Waals surface area contributed by atoms with Gasteiger partial charge < -0.3 is 4.74 Å². The van der Waals surface area contributed by atoms with E-state index < -0.39 is 18.8 Å². The Morgan fingerprint density at radius 3 is 2.62 bits per heavy atom.